The Morgan fingerprint density at radius 3 is 2.17 bits per heavy atom. The van der Waals surface area contributed by atoms with Crippen LogP contribution in [0.5, 0.6) is 0 Å². The third kappa shape index (κ3) is 7.56. The monoisotopic (exact) mass is 736 g/mol. The van der Waals surface area contributed by atoms with Crippen molar-refractivity contribution in [1.82, 2.24) is 9.80 Å². The number of rotatable bonds is 9. The number of likely N-dealkylation sites (tertiary alicyclic amines) is 1. The largest absolute Gasteiger partial charge is 0.479 e. The van der Waals surface area contributed by atoms with Gasteiger partial charge in [0.05, 0.1) is 30.4 Å². The Bertz CT molecular complexity index is 1740. The summed E-state index contributed by atoms with van der Waals surface area (Å²) in [5, 5.41) is 9.73. The molecule has 3 aromatic carbocycles. The molecular formula is C38H39F7N2O5. The summed E-state index contributed by atoms with van der Waals surface area (Å²) < 4.78 is 108. The second-order valence-electron chi connectivity index (χ2n) is 13.8. The van der Waals surface area contributed by atoms with Crippen molar-refractivity contribution in [3.63, 3.8) is 0 Å². The molecule has 2 aliphatic heterocycles. The lowest BCUT2D eigenvalue weighted by molar-refractivity contribution is -0.158. The van der Waals surface area contributed by atoms with Crippen molar-refractivity contribution in [1.29, 1.82) is 0 Å². The molecule has 1 amide bonds. The van der Waals surface area contributed by atoms with Crippen LogP contribution in [0.15, 0.2) is 66.7 Å². The van der Waals surface area contributed by atoms with Crippen molar-refractivity contribution < 1.29 is 54.9 Å². The number of halogens is 7. The summed E-state index contributed by atoms with van der Waals surface area (Å²) in [6, 6.07) is 14.3. The number of hydrogen-bond donors (Lipinski definition) is 1. The van der Waals surface area contributed by atoms with Crippen LogP contribution in [0.4, 0.5) is 30.7 Å². The van der Waals surface area contributed by atoms with Gasteiger partial charge in [-0.2, -0.15) is 26.3 Å². The number of carboxylic acids is 1. The van der Waals surface area contributed by atoms with Crippen LogP contribution in [0, 0.1) is 5.82 Å². The molecule has 2 saturated heterocycles. The maximum Gasteiger partial charge on any atom is 0.416 e. The highest BCUT2D eigenvalue weighted by Gasteiger charge is 2.50. The van der Waals surface area contributed by atoms with Crippen molar-refractivity contribution in [3.05, 3.63) is 106 Å². The quantitative estimate of drug-likeness (QED) is 0.230. The SMILES string of the molecule is CCC(O[C@H]1Cc2ccccc2C12CCN(CC[C@@]1(c3ccc(F)cc3)CN(C(=O)c3cc(C(F)(F)F)cc(C(F)(F)F)c3)CCO1)CC2)C(=O)O. The van der Waals surface area contributed by atoms with Gasteiger partial charge < -0.3 is 24.4 Å². The molecule has 0 bridgehead atoms. The molecule has 1 spiro atoms. The maximum atomic E-state index is 14.0. The van der Waals surface area contributed by atoms with Gasteiger partial charge in [-0.1, -0.05) is 43.3 Å². The minimum absolute atomic E-state index is 0.0194. The third-order valence-corrected chi connectivity index (χ3v) is 10.8. The smallest absolute Gasteiger partial charge is 0.416 e. The lowest BCUT2D eigenvalue weighted by Gasteiger charge is -2.46. The predicted octanol–water partition coefficient (Wildman–Crippen LogP) is 7.46. The lowest BCUT2D eigenvalue weighted by atomic mass is 9.72. The number of fused-ring (bicyclic) bond motifs is 2. The molecule has 280 valence electrons. The number of carbonyl (C=O) groups excluding carboxylic acids is 1. The fourth-order valence-electron chi connectivity index (χ4n) is 8.01. The molecule has 3 aliphatic rings. The van der Waals surface area contributed by atoms with Gasteiger partial charge in [-0.25, -0.2) is 9.18 Å². The van der Waals surface area contributed by atoms with E-state index in [2.05, 4.69) is 11.0 Å². The van der Waals surface area contributed by atoms with E-state index in [0.29, 0.717) is 63.0 Å². The number of carboxylic acid groups (broad SMARTS) is 1. The summed E-state index contributed by atoms with van der Waals surface area (Å²) in [4.78, 5) is 29.0. The highest BCUT2D eigenvalue weighted by molar-refractivity contribution is 5.95. The first-order valence-corrected chi connectivity index (χ1v) is 17.2. The minimum Gasteiger partial charge on any atom is -0.479 e. The van der Waals surface area contributed by atoms with Gasteiger partial charge in [0.1, 0.15) is 11.4 Å². The minimum atomic E-state index is -5.12. The Labute approximate surface area is 296 Å². The number of morpholine rings is 1. The predicted molar refractivity (Wildman–Crippen MR) is 175 cm³/mol. The molecule has 3 aromatic rings. The summed E-state index contributed by atoms with van der Waals surface area (Å²) in [5.74, 6) is -2.54. The fraction of sp³-hybridized carbons (Fsp3) is 0.474. The van der Waals surface area contributed by atoms with Gasteiger partial charge in [0, 0.05) is 24.1 Å². The second kappa shape index (κ2) is 14.4. The van der Waals surface area contributed by atoms with Crippen LogP contribution in [-0.4, -0.2) is 78.3 Å². The number of alkyl halides is 6. The Hall–Kier alpha value is -4.01. The summed E-state index contributed by atoms with van der Waals surface area (Å²) in [5.41, 5.74) is -2.77. The van der Waals surface area contributed by atoms with Crippen LogP contribution in [0.2, 0.25) is 0 Å². The maximum absolute atomic E-state index is 14.0. The fourth-order valence-corrected chi connectivity index (χ4v) is 8.01. The number of hydrogen-bond acceptors (Lipinski definition) is 5. The van der Waals surface area contributed by atoms with Crippen LogP contribution in [-0.2, 0) is 44.1 Å². The number of carbonyl (C=O) groups is 2. The summed E-state index contributed by atoms with van der Waals surface area (Å²) >= 11 is 0. The van der Waals surface area contributed by atoms with Crippen LogP contribution >= 0.6 is 0 Å². The molecule has 3 atom stereocenters. The Morgan fingerprint density at radius 1 is 0.942 bits per heavy atom. The molecule has 6 rings (SSSR count). The van der Waals surface area contributed by atoms with Gasteiger partial charge in [-0.15, -0.1) is 0 Å². The zero-order valence-electron chi connectivity index (χ0n) is 28.4. The Morgan fingerprint density at radius 2 is 1.58 bits per heavy atom. The van der Waals surface area contributed by atoms with Crippen molar-refractivity contribution in [3.8, 4) is 0 Å². The first-order chi connectivity index (χ1) is 24.5. The number of amides is 1. The van der Waals surface area contributed by atoms with E-state index in [1.807, 2.05) is 18.2 Å². The van der Waals surface area contributed by atoms with E-state index in [9.17, 15) is 45.4 Å². The molecule has 0 aromatic heterocycles. The summed E-state index contributed by atoms with van der Waals surface area (Å²) in [7, 11) is 0. The van der Waals surface area contributed by atoms with E-state index in [1.54, 1.807) is 6.92 Å². The van der Waals surface area contributed by atoms with E-state index in [0.717, 1.165) is 11.1 Å². The highest BCUT2D eigenvalue weighted by atomic mass is 19.4. The number of ether oxygens (including phenoxy) is 2. The highest BCUT2D eigenvalue weighted by Crippen LogP contribution is 2.48. The van der Waals surface area contributed by atoms with E-state index in [4.69, 9.17) is 9.47 Å². The summed E-state index contributed by atoms with van der Waals surface area (Å²) in [6.07, 6.45) is -8.94. The van der Waals surface area contributed by atoms with E-state index in [1.165, 1.54) is 29.2 Å². The van der Waals surface area contributed by atoms with E-state index in [-0.39, 0.29) is 38.3 Å². The molecule has 52 heavy (non-hydrogen) atoms. The topological polar surface area (TPSA) is 79.3 Å². The number of benzene rings is 3. The van der Waals surface area contributed by atoms with Crippen LogP contribution in [0.25, 0.3) is 0 Å². The Balaban J connectivity index is 1.23. The van der Waals surface area contributed by atoms with Gasteiger partial charge in [-0.3, -0.25) is 4.79 Å². The van der Waals surface area contributed by atoms with Crippen molar-refractivity contribution in [2.45, 2.75) is 74.6 Å². The van der Waals surface area contributed by atoms with Crippen molar-refractivity contribution >= 4 is 11.9 Å². The molecular weight excluding hydrogens is 697 g/mol. The van der Waals surface area contributed by atoms with Crippen LogP contribution in [0.3, 0.4) is 0 Å². The molecule has 1 N–H and O–H groups in total. The Kier molecular flexibility index (Phi) is 10.5. The van der Waals surface area contributed by atoms with Crippen LogP contribution in [0.1, 0.15) is 70.8 Å². The molecule has 2 fully saturated rings. The molecule has 14 heteroatoms. The van der Waals surface area contributed by atoms with Crippen molar-refractivity contribution in [2.24, 2.45) is 0 Å². The zero-order valence-corrected chi connectivity index (χ0v) is 28.4. The van der Waals surface area contributed by atoms with Crippen molar-refractivity contribution in [2.75, 3.05) is 39.3 Å². The standard InChI is InChI=1S/C38H39F7N2O5/c1-2-31(34(49)50)52-32-21-24-5-3-4-6-30(24)35(32)11-14-46(15-12-35)16-13-36(26-7-9-29(39)10-8-26)23-47(17-18-51-36)33(48)25-19-27(37(40,41)42)22-28(20-25)38(43,44)45/h3-10,19-20,22,31-32H,2,11-18,21,23H2,1H3,(H,49,50)/t31?,32-,36-/m0/s1. The average molecular weight is 737 g/mol. The first-order valence-electron chi connectivity index (χ1n) is 17.2. The normalized spacial score (nSPS) is 22.7. The molecule has 1 aliphatic carbocycles. The molecule has 1 unspecified atom stereocenters. The lowest BCUT2D eigenvalue weighted by Crippen LogP contribution is -2.54. The van der Waals surface area contributed by atoms with Gasteiger partial charge in [0.15, 0.2) is 6.10 Å². The third-order valence-electron chi connectivity index (χ3n) is 10.8. The summed E-state index contributed by atoms with van der Waals surface area (Å²) in [6.45, 7) is 3.11. The van der Waals surface area contributed by atoms with E-state index >= 15 is 0 Å². The number of aliphatic carboxylic acids is 1. The number of piperidine rings is 1. The zero-order chi connectivity index (χ0) is 37.5. The second-order valence-corrected chi connectivity index (χ2v) is 13.8. The van der Waals surface area contributed by atoms with Crippen LogP contribution < -0.4 is 0 Å². The molecule has 7 nitrogen and oxygen atoms in total. The molecule has 0 radical (unpaired) electrons. The average Bonchev–Trinajstić information content (AvgIpc) is 3.41. The molecule has 0 saturated carbocycles. The van der Waals surface area contributed by atoms with Gasteiger partial charge >= 0.3 is 18.3 Å². The van der Waals surface area contributed by atoms with Gasteiger partial charge in [0.25, 0.3) is 5.91 Å². The first kappa shape index (κ1) is 37.7. The molecule has 2 heterocycles. The van der Waals surface area contributed by atoms with Gasteiger partial charge in [0.2, 0.25) is 0 Å². The van der Waals surface area contributed by atoms with E-state index < -0.39 is 63.9 Å². The van der Waals surface area contributed by atoms with Gasteiger partial charge in [-0.05, 0) is 92.2 Å². The number of nitrogens with zero attached hydrogens (tertiary/aromatic N) is 2.